The van der Waals surface area contributed by atoms with E-state index in [1.165, 1.54) is 5.69 Å². The van der Waals surface area contributed by atoms with Crippen molar-refractivity contribution in [3.05, 3.63) is 28.2 Å². The molecule has 1 aromatic rings. The highest BCUT2D eigenvalue weighted by Crippen LogP contribution is 2.31. The van der Waals surface area contributed by atoms with Gasteiger partial charge in [-0.05, 0) is 59.3 Å². The van der Waals surface area contributed by atoms with Crippen LogP contribution in [0.25, 0.3) is 0 Å². The Labute approximate surface area is 117 Å². The summed E-state index contributed by atoms with van der Waals surface area (Å²) in [5.41, 5.74) is 8.27. The Hall–Kier alpha value is -0.580. The minimum Gasteiger partial charge on any atom is -0.396 e. The Morgan fingerprint density at radius 3 is 2.61 bits per heavy atom. The number of benzene rings is 1. The van der Waals surface area contributed by atoms with Crippen LogP contribution in [0.3, 0.4) is 0 Å². The molecule has 0 amide bonds. The van der Waals surface area contributed by atoms with Crippen LogP contribution < -0.4 is 10.6 Å². The molecule has 1 aromatic carbocycles. The zero-order valence-corrected chi connectivity index (χ0v) is 12.4. The summed E-state index contributed by atoms with van der Waals surface area (Å²) in [6.45, 7) is 4.34. The first kappa shape index (κ1) is 13.8. The van der Waals surface area contributed by atoms with Crippen molar-refractivity contribution in [3.8, 4) is 0 Å². The molecular formula is C14H21BrN2O. The normalized spacial score (nSPS) is 19.0. The first-order valence-corrected chi connectivity index (χ1v) is 7.32. The van der Waals surface area contributed by atoms with E-state index in [9.17, 15) is 0 Å². The van der Waals surface area contributed by atoms with Gasteiger partial charge in [-0.1, -0.05) is 6.07 Å². The number of piperidine rings is 1. The number of hydrogen-bond donors (Lipinski definition) is 2. The van der Waals surface area contributed by atoms with Gasteiger partial charge in [-0.3, -0.25) is 0 Å². The van der Waals surface area contributed by atoms with Crippen molar-refractivity contribution in [1.82, 2.24) is 0 Å². The number of hydrogen-bond acceptors (Lipinski definition) is 3. The van der Waals surface area contributed by atoms with Crippen molar-refractivity contribution in [3.63, 3.8) is 0 Å². The fraction of sp³-hybridized carbons (Fsp3) is 0.571. The zero-order chi connectivity index (χ0) is 13.1. The maximum absolute atomic E-state index is 9.16. The topological polar surface area (TPSA) is 49.5 Å². The molecule has 4 heteroatoms. The fourth-order valence-corrected chi connectivity index (χ4v) is 3.07. The van der Waals surface area contributed by atoms with Crippen molar-refractivity contribution in [2.45, 2.75) is 25.8 Å². The summed E-state index contributed by atoms with van der Waals surface area (Å²) in [4.78, 5) is 2.38. The molecule has 1 saturated heterocycles. The molecule has 3 N–H and O–H groups in total. The number of nitrogens with two attached hydrogens (primary N) is 1. The van der Waals surface area contributed by atoms with Crippen LogP contribution in [0.5, 0.6) is 0 Å². The SMILES string of the molecule is C[C@H](N)c1ccc(N2CCC(CO)CC2)c(Br)c1. The summed E-state index contributed by atoms with van der Waals surface area (Å²) < 4.78 is 1.11. The largest absolute Gasteiger partial charge is 0.396 e. The highest BCUT2D eigenvalue weighted by atomic mass is 79.9. The molecule has 0 aromatic heterocycles. The Morgan fingerprint density at radius 1 is 1.44 bits per heavy atom. The minimum absolute atomic E-state index is 0.0653. The number of nitrogens with zero attached hydrogens (tertiary/aromatic N) is 1. The van der Waals surface area contributed by atoms with Crippen molar-refractivity contribution in [2.24, 2.45) is 11.7 Å². The van der Waals surface area contributed by atoms with Crippen LogP contribution in [0.4, 0.5) is 5.69 Å². The first-order chi connectivity index (χ1) is 8.61. The maximum atomic E-state index is 9.16. The number of anilines is 1. The van der Waals surface area contributed by atoms with Gasteiger partial charge >= 0.3 is 0 Å². The van der Waals surface area contributed by atoms with Crippen LogP contribution in [0.1, 0.15) is 31.4 Å². The molecule has 0 bridgehead atoms. The highest BCUT2D eigenvalue weighted by molar-refractivity contribution is 9.10. The van der Waals surface area contributed by atoms with Gasteiger partial charge in [0.05, 0.1) is 5.69 Å². The van der Waals surface area contributed by atoms with Crippen LogP contribution in [0, 0.1) is 5.92 Å². The van der Waals surface area contributed by atoms with E-state index in [2.05, 4.69) is 39.0 Å². The van der Waals surface area contributed by atoms with Gasteiger partial charge in [0, 0.05) is 30.2 Å². The molecule has 100 valence electrons. The number of halogens is 1. The van der Waals surface area contributed by atoms with E-state index in [1.54, 1.807) is 0 Å². The Kier molecular flexibility index (Phi) is 4.65. The summed E-state index contributed by atoms with van der Waals surface area (Å²) in [6, 6.07) is 6.42. The van der Waals surface area contributed by atoms with Gasteiger partial charge in [0.2, 0.25) is 0 Å². The monoisotopic (exact) mass is 312 g/mol. The van der Waals surface area contributed by atoms with Crippen LogP contribution in [-0.4, -0.2) is 24.8 Å². The van der Waals surface area contributed by atoms with Crippen molar-refractivity contribution >= 4 is 21.6 Å². The average Bonchev–Trinajstić information content (AvgIpc) is 2.38. The number of aliphatic hydroxyl groups is 1. The molecule has 0 unspecified atom stereocenters. The van der Waals surface area contributed by atoms with E-state index >= 15 is 0 Å². The lowest BCUT2D eigenvalue weighted by Gasteiger charge is -2.33. The van der Waals surface area contributed by atoms with Gasteiger partial charge in [0.1, 0.15) is 0 Å². The molecule has 1 heterocycles. The quantitative estimate of drug-likeness (QED) is 0.902. The molecule has 2 rings (SSSR count). The van der Waals surface area contributed by atoms with Crippen molar-refractivity contribution < 1.29 is 5.11 Å². The molecule has 1 aliphatic rings. The molecule has 0 spiro atoms. The predicted octanol–water partition coefficient (Wildman–Crippen LogP) is 2.68. The van der Waals surface area contributed by atoms with E-state index in [1.807, 2.05) is 6.92 Å². The lowest BCUT2D eigenvalue weighted by atomic mass is 9.97. The number of rotatable bonds is 3. The molecule has 0 aliphatic carbocycles. The molecule has 1 fully saturated rings. The van der Waals surface area contributed by atoms with Crippen molar-refractivity contribution in [2.75, 3.05) is 24.6 Å². The van der Waals surface area contributed by atoms with Gasteiger partial charge in [-0.15, -0.1) is 0 Å². The van der Waals surface area contributed by atoms with Gasteiger partial charge in [-0.2, -0.15) is 0 Å². The lowest BCUT2D eigenvalue weighted by molar-refractivity contribution is 0.203. The second-order valence-corrected chi connectivity index (χ2v) is 5.97. The minimum atomic E-state index is 0.0653. The third kappa shape index (κ3) is 3.05. The van der Waals surface area contributed by atoms with Crippen LogP contribution in [-0.2, 0) is 0 Å². The third-order valence-electron chi connectivity index (χ3n) is 3.71. The summed E-state index contributed by atoms with van der Waals surface area (Å²) in [5, 5.41) is 9.16. The average molecular weight is 313 g/mol. The molecule has 3 nitrogen and oxygen atoms in total. The summed E-state index contributed by atoms with van der Waals surface area (Å²) in [5.74, 6) is 0.475. The van der Waals surface area contributed by atoms with Crippen molar-refractivity contribution in [1.29, 1.82) is 0 Å². The molecule has 1 atom stereocenters. The van der Waals surface area contributed by atoms with Gasteiger partial charge in [-0.25, -0.2) is 0 Å². The van der Waals surface area contributed by atoms with Crippen LogP contribution in [0.15, 0.2) is 22.7 Å². The molecular weight excluding hydrogens is 292 g/mol. The van der Waals surface area contributed by atoms with E-state index in [4.69, 9.17) is 10.8 Å². The Morgan fingerprint density at radius 2 is 2.11 bits per heavy atom. The second kappa shape index (κ2) is 6.04. The summed E-state index contributed by atoms with van der Waals surface area (Å²) in [6.07, 6.45) is 2.13. The molecule has 1 aliphatic heterocycles. The van der Waals surface area contributed by atoms with Crippen LogP contribution >= 0.6 is 15.9 Å². The maximum Gasteiger partial charge on any atom is 0.0510 e. The van der Waals surface area contributed by atoms with E-state index < -0.39 is 0 Å². The standard InChI is InChI=1S/C14H21BrN2O/c1-10(16)12-2-3-14(13(15)8-12)17-6-4-11(9-18)5-7-17/h2-3,8,10-11,18H,4-7,9,16H2,1H3/t10-/m0/s1. The summed E-state index contributed by atoms with van der Waals surface area (Å²) in [7, 11) is 0. The summed E-state index contributed by atoms with van der Waals surface area (Å²) >= 11 is 3.64. The highest BCUT2D eigenvalue weighted by Gasteiger charge is 2.20. The Bertz CT molecular complexity index is 401. The first-order valence-electron chi connectivity index (χ1n) is 6.52. The fourth-order valence-electron chi connectivity index (χ4n) is 2.42. The molecule has 18 heavy (non-hydrogen) atoms. The Balaban J connectivity index is 2.10. The molecule has 0 radical (unpaired) electrons. The van der Waals surface area contributed by atoms with E-state index in [0.29, 0.717) is 12.5 Å². The predicted molar refractivity (Wildman–Crippen MR) is 78.8 cm³/mol. The van der Waals surface area contributed by atoms with E-state index in [-0.39, 0.29) is 6.04 Å². The third-order valence-corrected chi connectivity index (χ3v) is 4.35. The number of aliphatic hydroxyl groups excluding tert-OH is 1. The van der Waals surface area contributed by atoms with Gasteiger partial charge in [0.15, 0.2) is 0 Å². The van der Waals surface area contributed by atoms with E-state index in [0.717, 1.165) is 36.0 Å². The second-order valence-electron chi connectivity index (χ2n) is 5.11. The van der Waals surface area contributed by atoms with Gasteiger partial charge in [0.25, 0.3) is 0 Å². The van der Waals surface area contributed by atoms with Gasteiger partial charge < -0.3 is 15.7 Å². The lowest BCUT2D eigenvalue weighted by Crippen LogP contribution is -2.34. The smallest absolute Gasteiger partial charge is 0.0510 e. The van der Waals surface area contributed by atoms with Crippen LogP contribution in [0.2, 0.25) is 0 Å². The molecule has 0 saturated carbocycles. The zero-order valence-electron chi connectivity index (χ0n) is 10.8.